The van der Waals surface area contributed by atoms with E-state index in [0.717, 1.165) is 0 Å². The fourth-order valence-electron chi connectivity index (χ4n) is 1.43. The Morgan fingerprint density at radius 3 is 2.68 bits per heavy atom. The van der Waals surface area contributed by atoms with Gasteiger partial charge < -0.3 is 19.9 Å². The number of benzene rings is 1. The molecule has 2 N–H and O–H groups in total. The minimum absolute atomic E-state index is 0.0353. The van der Waals surface area contributed by atoms with Gasteiger partial charge >= 0.3 is 0 Å². The number of nitro benzene ring substituents is 1. The van der Waals surface area contributed by atoms with Crippen molar-refractivity contribution in [1.82, 2.24) is 5.32 Å². The first-order chi connectivity index (χ1) is 9.13. The minimum Gasteiger partial charge on any atom is -0.492 e. The first kappa shape index (κ1) is 15.4. The van der Waals surface area contributed by atoms with Crippen molar-refractivity contribution in [2.24, 2.45) is 0 Å². The smallest absolute Gasteiger partial charge is 0.269 e. The van der Waals surface area contributed by atoms with Gasteiger partial charge in [0.05, 0.1) is 17.6 Å². The van der Waals surface area contributed by atoms with Crippen LogP contribution in [0.4, 0.5) is 5.69 Å². The average Bonchev–Trinajstić information content (AvgIpc) is 2.39. The molecule has 7 heteroatoms. The van der Waals surface area contributed by atoms with Gasteiger partial charge in [0.15, 0.2) is 0 Å². The van der Waals surface area contributed by atoms with Crippen LogP contribution in [-0.2, 0) is 4.74 Å². The van der Waals surface area contributed by atoms with Crippen molar-refractivity contribution >= 4 is 5.69 Å². The molecule has 1 unspecified atom stereocenters. The van der Waals surface area contributed by atoms with Crippen LogP contribution in [0, 0.1) is 10.1 Å². The molecule has 0 amide bonds. The lowest BCUT2D eigenvalue weighted by Crippen LogP contribution is -2.32. The molecule has 0 bridgehead atoms. The van der Waals surface area contributed by atoms with Gasteiger partial charge in [0.2, 0.25) is 0 Å². The SMILES string of the molecule is COCC(O)CNCCOc1ccc([N+](=O)[O-])cc1. The maximum atomic E-state index is 10.4. The minimum atomic E-state index is -0.538. The van der Waals surface area contributed by atoms with Crippen LogP contribution in [0.2, 0.25) is 0 Å². The lowest BCUT2D eigenvalue weighted by Gasteiger charge is -2.11. The van der Waals surface area contributed by atoms with Crippen molar-refractivity contribution < 1.29 is 19.5 Å². The Kier molecular flexibility index (Phi) is 6.80. The van der Waals surface area contributed by atoms with Crippen molar-refractivity contribution in [3.05, 3.63) is 34.4 Å². The second-order valence-electron chi connectivity index (χ2n) is 3.91. The monoisotopic (exact) mass is 270 g/mol. The number of hydrogen-bond acceptors (Lipinski definition) is 6. The van der Waals surface area contributed by atoms with Crippen molar-refractivity contribution in [2.45, 2.75) is 6.10 Å². The predicted octanol–water partition coefficient (Wildman–Crippen LogP) is 0.571. The highest BCUT2D eigenvalue weighted by Crippen LogP contribution is 2.16. The second kappa shape index (κ2) is 8.41. The summed E-state index contributed by atoms with van der Waals surface area (Å²) in [5.74, 6) is 0.574. The van der Waals surface area contributed by atoms with Gasteiger partial charge in [0.1, 0.15) is 12.4 Å². The summed E-state index contributed by atoms with van der Waals surface area (Å²) in [5, 5.41) is 22.8. The number of nitro groups is 1. The van der Waals surface area contributed by atoms with Crippen LogP contribution in [0.1, 0.15) is 0 Å². The highest BCUT2D eigenvalue weighted by molar-refractivity contribution is 5.35. The number of aliphatic hydroxyl groups is 1. The summed E-state index contributed by atoms with van der Waals surface area (Å²) in [6.45, 7) is 1.70. The topological polar surface area (TPSA) is 93.9 Å². The van der Waals surface area contributed by atoms with E-state index in [1.54, 1.807) is 12.1 Å². The van der Waals surface area contributed by atoms with Gasteiger partial charge in [-0.3, -0.25) is 10.1 Å². The van der Waals surface area contributed by atoms with Gasteiger partial charge in [0.25, 0.3) is 5.69 Å². The van der Waals surface area contributed by atoms with Crippen LogP contribution in [-0.4, -0.2) is 49.5 Å². The Balaban J connectivity index is 2.17. The third-order valence-electron chi connectivity index (χ3n) is 2.33. The van der Waals surface area contributed by atoms with E-state index in [1.807, 2.05) is 0 Å². The number of rotatable bonds is 9. The molecule has 0 aliphatic carbocycles. The lowest BCUT2D eigenvalue weighted by atomic mass is 10.3. The molecule has 0 aromatic heterocycles. The first-order valence-electron chi connectivity index (χ1n) is 5.88. The van der Waals surface area contributed by atoms with E-state index >= 15 is 0 Å². The van der Waals surface area contributed by atoms with E-state index < -0.39 is 11.0 Å². The van der Waals surface area contributed by atoms with Crippen molar-refractivity contribution in [1.29, 1.82) is 0 Å². The highest BCUT2D eigenvalue weighted by atomic mass is 16.6. The van der Waals surface area contributed by atoms with Gasteiger partial charge in [0, 0.05) is 32.3 Å². The zero-order valence-corrected chi connectivity index (χ0v) is 10.7. The summed E-state index contributed by atoms with van der Waals surface area (Å²) in [6, 6.07) is 5.89. The Labute approximate surface area is 111 Å². The number of nitrogens with one attached hydrogen (secondary N) is 1. The number of aliphatic hydroxyl groups excluding tert-OH is 1. The highest BCUT2D eigenvalue weighted by Gasteiger charge is 2.04. The summed E-state index contributed by atoms with van der Waals surface area (Å²) in [7, 11) is 1.53. The summed E-state index contributed by atoms with van der Waals surface area (Å²) >= 11 is 0. The molecule has 19 heavy (non-hydrogen) atoms. The Hall–Kier alpha value is -1.70. The molecule has 0 aliphatic rings. The van der Waals surface area contributed by atoms with E-state index in [2.05, 4.69) is 5.32 Å². The molecule has 0 heterocycles. The largest absolute Gasteiger partial charge is 0.492 e. The molecule has 0 saturated heterocycles. The van der Waals surface area contributed by atoms with Gasteiger partial charge in [-0.15, -0.1) is 0 Å². The normalized spacial score (nSPS) is 12.1. The third kappa shape index (κ3) is 6.14. The van der Waals surface area contributed by atoms with Gasteiger partial charge in [-0.1, -0.05) is 0 Å². The molecule has 0 aliphatic heterocycles. The Bertz CT molecular complexity index is 382. The third-order valence-corrected chi connectivity index (χ3v) is 2.33. The summed E-state index contributed by atoms with van der Waals surface area (Å²) < 4.78 is 10.2. The molecule has 1 rings (SSSR count). The predicted molar refractivity (Wildman–Crippen MR) is 69.3 cm³/mol. The fourth-order valence-corrected chi connectivity index (χ4v) is 1.43. The van der Waals surface area contributed by atoms with Crippen LogP contribution < -0.4 is 10.1 Å². The maximum Gasteiger partial charge on any atom is 0.269 e. The number of methoxy groups -OCH3 is 1. The van der Waals surface area contributed by atoms with Crippen molar-refractivity contribution in [3.8, 4) is 5.75 Å². The number of non-ortho nitro benzene ring substituents is 1. The molecule has 7 nitrogen and oxygen atoms in total. The van der Waals surface area contributed by atoms with E-state index in [0.29, 0.717) is 25.4 Å². The van der Waals surface area contributed by atoms with E-state index in [4.69, 9.17) is 9.47 Å². The number of hydrogen-bond donors (Lipinski definition) is 2. The number of nitrogens with zero attached hydrogens (tertiary/aromatic N) is 1. The molecule has 0 radical (unpaired) electrons. The molecule has 1 aromatic carbocycles. The lowest BCUT2D eigenvalue weighted by molar-refractivity contribution is -0.384. The van der Waals surface area contributed by atoms with Crippen LogP contribution >= 0.6 is 0 Å². The molecule has 106 valence electrons. The number of ether oxygens (including phenoxy) is 2. The van der Waals surface area contributed by atoms with Crippen molar-refractivity contribution in [2.75, 3.05) is 33.4 Å². The maximum absolute atomic E-state index is 10.4. The molecular formula is C12H18N2O5. The molecule has 0 spiro atoms. The van der Waals surface area contributed by atoms with Gasteiger partial charge in [-0.25, -0.2) is 0 Å². The average molecular weight is 270 g/mol. The molecule has 1 atom stereocenters. The van der Waals surface area contributed by atoms with E-state index in [1.165, 1.54) is 19.2 Å². The summed E-state index contributed by atoms with van der Waals surface area (Å²) in [4.78, 5) is 9.99. The molecule has 0 saturated carbocycles. The Morgan fingerprint density at radius 2 is 2.11 bits per heavy atom. The zero-order chi connectivity index (χ0) is 14.1. The Morgan fingerprint density at radius 1 is 1.42 bits per heavy atom. The standard InChI is InChI=1S/C12H18N2O5/c1-18-9-11(15)8-13-6-7-19-12-4-2-10(3-5-12)14(16)17/h2-5,11,13,15H,6-9H2,1H3. The van der Waals surface area contributed by atoms with Crippen LogP contribution in [0.5, 0.6) is 5.75 Å². The molecular weight excluding hydrogens is 252 g/mol. The van der Waals surface area contributed by atoms with Crippen molar-refractivity contribution in [3.63, 3.8) is 0 Å². The van der Waals surface area contributed by atoms with Crippen LogP contribution in [0.15, 0.2) is 24.3 Å². The quantitative estimate of drug-likeness (QED) is 0.387. The van der Waals surface area contributed by atoms with Crippen LogP contribution in [0.3, 0.4) is 0 Å². The van der Waals surface area contributed by atoms with E-state index in [9.17, 15) is 15.2 Å². The van der Waals surface area contributed by atoms with Gasteiger partial charge in [-0.05, 0) is 12.1 Å². The second-order valence-corrected chi connectivity index (χ2v) is 3.91. The molecule has 0 fully saturated rings. The summed E-state index contributed by atoms with van der Waals surface area (Å²) in [5.41, 5.74) is 0.0353. The van der Waals surface area contributed by atoms with Gasteiger partial charge in [-0.2, -0.15) is 0 Å². The molecule has 1 aromatic rings. The fraction of sp³-hybridized carbons (Fsp3) is 0.500. The summed E-state index contributed by atoms with van der Waals surface area (Å²) in [6.07, 6.45) is -0.538. The zero-order valence-electron chi connectivity index (χ0n) is 10.7. The first-order valence-corrected chi connectivity index (χ1v) is 5.88. The van der Waals surface area contributed by atoms with Crippen LogP contribution in [0.25, 0.3) is 0 Å². The van der Waals surface area contributed by atoms with E-state index in [-0.39, 0.29) is 12.3 Å².